The fraction of sp³-hybridized carbons (Fsp3) is 0.389. The first-order valence-electron chi connectivity index (χ1n) is 8.24. The molecule has 0 saturated carbocycles. The van der Waals surface area contributed by atoms with Crippen LogP contribution in [-0.4, -0.2) is 34.8 Å². The summed E-state index contributed by atoms with van der Waals surface area (Å²) in [6.45, 7) is 2.71. The topological polar surface area (TPSA) is 62.3 Å². The Hall–Kier alpha value is -2.21. The van der Waals surface area contributed by atoms with Gasteiger partial charge in [0.2, 0.25) is 11.8 Å². The highest BCUT2D eigenvalue weighted by Gasteiger charge is 2.20. The van der Waals surface area contributed by atoms with E-state index >= 15 is 0 Å². The molecule has 5 nitrogen and oxygen atoms in total. The van der Waals surface area contributed by atoms with E-state index in [2.05, 4.69) is 10.3 Å². The first-order valence-corrected chi connectivity index (χ1v) is 9.05. The fourth-order valence-corrected chi connectivity index (χ4v) is 3.83. The van der Waals surface area contributed by atoms with Gasteiger partial charge in [0.15, 0.2) is 5.13 Å². The number of amides is 2. The minimum Gasteiger partial charge on any atom is -0.333 e. The molecule has 1 aromatic heterocycles. The van der Waals surface area contributed by atoms with E-state index in [1.54, 1.807) is 4.90 Å². The summed E-state index contributed by atoms with van der Waals surface area (Å²) < 4.78 is 0. The molecule has 2 amide bonds. The maximum atomic E-state index is 12.3. The van der Waals surface area contributed by atoms with Gasteiger partial charge in [0.25, 0.3) is 0 Å². The van der Waals surface area contributed by atoms with E-state index < -0.39 is 0 Å². The Morgan fingerprint density at radius 3 is 2.83 bits per heavy atom. The van der Waals surface area contributed by atoms with Crippen molar-refractivity contribution in [2.75, 3.05) is 18.4 Å². The highest BCUT2D eigenvalue weighted by molar-refractivity contribution is 7.19. The van der Waals surface area contributed by atoms with Crippen LogP contribution >= 0.6 is 11.3 Å². The lowest BCUT2D eigenvalue weighted by Crippen LogP contribution is -2.37. The lowest BCUT2D eigenvalue weighted by molar-refractivity contribution is -0.134. The quantitative estimate of drug-likeness (QED) is 0.925. The van der Waals surface area contributed by atoms with Gasteiger partial charge in [-0.2, -0.15) is 0 Å². The monoisotopic (exact) mass is 343 g/mol. The number of carbonyl (C=O) groups excluding carboxylic acids is 2. The molecule has 0 spiro atoms. The Balaban J connectivity index is 1.65. The third kappa shape index (κ3) is 4.00. The van der Waals surface area contributed by atoms with E-state index in [0.29, 0.717) is 18.1 Å². The molecular weight excluding hydrogens is 322 g/mol. The van der Waals surface area contributed by atoms with Gasteiger partial charge in [-0.1, -0.05) is 48.1 Å². The first kappa shape index (κ1) is 16.6. The smallest absolute Gasteiger partial charge is 0.245 e. The van der Waals surface area contributed by atoms with Crippen LogP contribution in [0.3, 0.4) is 0 Å². The molecule has 1 fully saturated rings. The van der Waals surface area contributed by atoms with Crippen LogP contribution in [0, 0.1) is 6.92 Å². The van der Waals surface area contributed by atoms with Crippen LogP contribution in [0.1, 0.15) is 31.4 Å². The first-order chi connectivity index (χ1) is 11.6. The van der Waals surface area contributed by atoms with Crippen LogP contribution in [0.4, 0.5) is 5.13 Å². The molecule has 1 saturated heterocycles. The predicted octanol–water partition coefficient (Wildman–Crippen LogP) is 3.46. The molecule has 6 heteroatoms. The molecule has 0 unspecified atom stereocenters. The number of carbonyl (C=O) groups is 2. The van der Waals surface area contributed by atoms with E-state index in [9.17, 15) is 9.59 Å². The summed E-state index contributed by atoms with van der Waals surface area (Å²) >= 11 is 1.46. The van der Waals surface area contributed by atoms with Crippen molar-refractivity contribution in [3.8, 4) is 10.4 Å². The molecule has 24 heavy (non-hydrogen) atoms. The maximum Gasteiger partial charge on any atom is 0.245 e. The van der Waals surface area contributed by atoms with Gasteiger partial charge in [-0.05, 0) is 25.3 Å². The summed E-state index contributed by atoms with van der Waals surface area (Å²) in [5.74, 6) is -0.110. The van der Waals surface area contributed by atoms with Gasteiger partial charge in [0.05, 0.1) is 17.1 Å². The predicted molar refractivity (Wildman–Crippen MR) is 96.0 cm³/mol. The summed E-state index contributed by atoms with van der Waals surface area (Å²) in [4.78, 5) is 31.4. The van der Waals surface area contributed by atoms with E-state index in [0.717, 1.165) is 35.4 Å². The molecule has 2 heterocycles. The van der Waals surface area contributed by atoms with Crippen molar-refractivity contribution in [2.24, 2.45) is 0 Å². The number of aromatic nitrogens is 1. The zero-order valence-corrected chi connectivity index (χ0v) is 14.6. The summed E-state index contributed by atoms with van der Waals surface area (Å²) in [6.07, 6.45) is 3.48. The largest absolute Gasteiger partial charge is 0.333 e. The van der Waals surface area contributed by atoms with Crippen molar-refractivity contribution >= 4 is 28.3 Å². The third-order valence-electron chi connectivity index (χ3n) is 4.08. The minimum atomic E-state index is -0.182. The lowest BCUT2D eigenvalue weighted by Gasteiger charge is -2.19. The molecule has 1 aliphatic heterocycles. The van der Waals surface area contributed by atoms with Gasteiger partial charge in [-0.3, -0.25) is 9.59 Å². The number of hydrogen-bond acceptors (Lipinski definition) is 4. The Kier molecular flexibility index (Phi) is 5.25. The van der Waals surface area contributed by atoms with Crippen molar-refractivity contribution in [3.63, 3.8) is 0 Å². The van der Waals surface area contributed by atoms with Crippen LogP contribution in [-0.2, 0) is 9.59 Å². The zero-order valence-electron chi connectivity index (χ0n) is 13.7. The summed E-state index contributed by atoms with van der Waals surface area (Å²) in [5.41, 5.74) is 1.99. The normalized spacial score (nSPS) is 15.2. The van der Waals surface area contributed by atoms with Crippen LogP contribution in [0.15, 0.2) is 30.3 Å². The molecule has 1 aliphatic rings. The molecule has 2 aromatic rings. The number of benzene rings is 1. The summed E-state index contributed by atoms with van der Waals surface area (Å²) in [5, 5.41) is 3.42. The van der Waals surface area contributed by atoms with Gasteiger partial charge in [0.1, 0.15) is 0 Å². The van der Waals surface area contributed by atoms with Crippen LogP contribution in [0.25, 0.3) is 10.4 Å². The van der Waals surface area contributed by atoms with Crippen molar-refractivity contribution in [1.82, 2.24) is 9.88 Å². The Morgan fingerprint density at radius 1 is 1.25 bits per heavy atom. The number of anilines is 1. The van der Waals surface area contributed by atoms with Crippen molar-refractivity contribution in [2.45, 2.75) is 32.6 Å². The fourth-order valence-electron chi connectivity index (χ4n) is 2.85. The van der Waals surface area contributed by atoms with Crippen LogP contribution in [0.2, 0.25) is 0 Å². The minimum absolute atomic E-state index is 0.0722. The number of aryl methyl sites for hydroxylation is 1. The molecule has 3 rings (SSSR count). The summed E-state index contributed by atoms with van der Waals surface area (Å²) in [7, 11) is 0. The Labute approximate surface area is 145 Å². The Morgan fingerprint density at radius 2 is 2.04 bits per heavy atom. The van der Waals surface area contributed by atoms with Crippen molar-refractivity contribution < 1.29 is 9.59 Å². The molecule has 126 valence electrons. The van der Waals surface area contributed by atoms with Crippen LogP contribution < -0.4 is 5.32 Å². The highest BCUT2D eigenvalue weighted by atomic mass is 32.1. The zero-order chi connectivity index (χ0) is 16.9. The van der Waals surface area contributed by atoms with Gasteiger partial charge in [-0.15, -0.1) is 0 Å². The number of hydrogen-bond donors (Lipinski definition) is 1. The van der Waals surface area contributed by atoms with Crippen molar-refractivity contribution in [3.05, 3.63) is 36.0 Å². The second-order valence-electron chi connectivity index (χ2n) is 5.97. The number of thiazole rings is 1. The molecule has 0 radical (unpaired) electrons. The van der Waals surface area contributed by atoms with E-state index in [4.69, 9.17) is 0 Å². The molecule has 0 bridgehead atoms. The lowest BCUT2D eigenvalue weighted by atomic mass is 10.2. The molecular formula is C18H21N3O2S. The van der Waals surface area contributed by atoms with E-state index in [1.807, 2.05) is 37.3 Å². The van der Waals surface area contributed by atoms with Gasteiger partial charge >= 0.3 is 0 Å². The van der Waals surface area contributed by atoms with Gasteiger partial charge < -0.3 is 10.2 Å². The second-order valence-corrected chi connectivity index (χ2v) is 6.97. The standard InChI is InChI=1S/C18H21N3O2S/c1-13-17(14-8-4-2-5-9-14)24-18(19-13)20-15(22)12-21-11-7-3-6-10-16(21)23/h2,4-5,8-9H,3,6-7,10-12H2,1H3,(H,19,20,22). The Bertz CT molecular complexity index is 727. The number of nitrogens with zero attached hydrogens (tertiary/aromatic N) is 2. The average Bonchev–Trinajstić information content (AvgIpc) is 2.81. The average molecular weight is 343 g/mol. The number of likely N-dealkylation sites (tertiary alicyclic amines) is 1. The SMILES string of the molecule is Cc1nc(NC(=O)CN2CCCCCC2=O)sc1-c1ccccc1. The molecule has 0 aliphatic carbocycles. The molecule has 0 atom stereocenters. The highest BCUT2D eigenvalue weighted by Crippen LogP contribution is 2.32. The van der Waals surface area contributed by atoms with E-state index in [1.165, 1.54) is 11.3 Å². The van der Waals surface area contributed by atoms with Gasteiger partial charge in [0, 0.05) is 13.0 Å². The molecule has 1 N–H and O–H groups in total. The van der Waals surface area contributed by atoms with Crippen LogP contribution in [0.5, 0.6) is 0 Å². The molecule has 1 aromatic carbocycles. The van der Waals surface area contributed by atoms with Crippen molar-refractivity contribution in [1.29, 1.82) is 0 Å². The third-order valence-corrected chi connectivity index (χ3v) is 5.21. The van der Waals surface area contributed by atoms with Gasteiger partial charge in [-0.25, -0.2) is 4.98 Å². The second kappa shape index (κ2) is 7.57. The van der Waals surface area contributed by atoms with E-state index in [-0.39, 0.29) is 18.4 Å². The summed E-state index contributed by atoms with van der Waals surface area (Å²) in [6, 6.07) is 10.0. The number of rotatable bonds is 4. The maximum absolute atomic E-state index is 12.3. The number of nitrogens with one attached hydrogen (secondary N) is 1.